The van der Waals surface area contributed by atoms with Crippen molar-refractivity contribution in [2.24, 2.45) is 0 Å². The number of nitrogens with zero attached hydrogens (tertiary/aromatic N) is 4. The molecule has 1 atom stereocenters. The zero-order valence-corrected chi connectivity index (χ0v) is 11.9. The topological polar surface area (TPSA) is 102 Å². The molecule has 0 saturated carbocycles. The molecule has 21 heavy (non-hydrogen) atoms. The molecule has 0 aromatic carbocycles. The molecule has 2 heterocycles. The van der Waals surface area contributed by atoms with E-state index in [1.54, 1.807) is 10.9 Å². The Hall–Kier alpha value is -2.64. The van der Waals surface area contributed by atoms with Crippen LogP contribution in [0.25, 0.3) is 0 Å². The minimum atomic E-state index is -1.07. The summed E-state index contributed by atoms with van der Waals surface area (Å²) in [5, 5.41) is 19.6. The molecule has 2 aromatic rings. The van der Waals surface area contributed by atoms with Gasteiger partial charge in [-0.3, -0.25) is 14.2 Å². The van der Waals surface area contributed by atoms with Crippen molar-refractivity contribution < 1.29 is 14.7 Å². The first-order valence-corrected chi connectivity index (χ1v) is 6.58. The number of aromatic carboxylic acids is 1. The molecule has 1 unspecified atom stereocenters. The van der Waals surface area contributed by atoms with Gasteiger partial charge >= 0.3 is 5.97 Å². The Morgan fingerprint density at radius 3 is 2.81 bits per heavy atom. The Morgan fingerprint density at radius 2 is 2.19 bits per heavy atom. The van der Waals surface area contributed by atoms with Gasteiger partial charge in [-0.2, -0.15) is 10.2 Å². The van der Waals surface area contributed by atoms with Crippen molar-refractivity contribution in [3.63, 3.8) is 0 Å². The van der Waals surface area contributed by atoms with Crippen molar-refractivity contribution in [1.29, 1.82) is 0 Å². The average Bonchev–Trinajstić information content (AvgIpc) is 3.06. The average molecular weight is 291 g/mol. The molecule has 0 spiro atoms. The van der Waals surface area contributed by atoms with Gasteiger partial charge in [0.2, 0.25) is 5.91 Å². The standard InChI is InChI=1S/C13H17N5O3/c1-3-18-11(4-5-14-18)9(2)16-12(19)8-17-7-10(6-15-17)13(20)21/h4-7,9H,3,8H2,1-2H3,(H,16,19)(H,20,21). The molecule has 8 nitrogen and oxygen atoms in total. The molecule has 0 bridgehead atoms. The fraction of sp³-hybridized carbons (Fsp3) is 0.385. The first kappa shape index (κ1) is 14.8. The summed E-state index contributed by atoms with van der Waals surface area (Å²) in [5.74, 6) is -1.31. The van der Waals surface area contributed by atoms with E-state index < -0.39 is 5.97 Å². The van der Waals surface area contributed by atoms with Gasteiger partial charge in [0.15, 0.2) is 0 Å². The summed E-state index contributed by atoms with van der Waals surface area (Å²) in [6.07, 6.45) is 4.22. The summed E-state index contributed by atoms with van der Waals surface area (Å²) in [5.41, 5.74) is 0.970. The highest BCUT2D eigenvalue weighted by Crippen LogP contribution is 2.11. The molecule has 0 aliphatic heterocycles. The third kappa shape index (κ3) is 3.47. The van der Waals surface area contributed by atoms with Crippen LogP contribution in [0.15, 0.2) is 24.7 Å². The molecule has 112 valence electrons. The molecule has 0 fully saturated rings. The predicted molar refractivity (Wildman–Crippen MR) is 73.6 cm³/mol. The van der Waals surface area contributed by atoms with Crippen molar-refractivity contribution in [2.75, 3.05) is 0 Å². The van der Waals surface area contributed by atoms with E-state index in [4.69, 9.17) is 5.11 Å². The number of aromatic nitrogens is 4. The van der Waals surface area contributed by atoms with Crippen LogP contribution < -0.4 is 5.32 Å². The van der Waals surface area contributed by atoms with Gasteiger partial charge in [-0.1, -0.05) is 0 Å². The first-order valence-electron chi connectivity index (χ1n) is 6.58. The van der Waals surface area contributed by atoms with E-state index in [0.29, 0.717) is 0 Å². The number of aryl methyl sites for hydroxylation is 1. The second kappa shape index (κ2) is 6.21. The molecule has 0 aliphatic rings. The minimum absolute atomic E-state index is 0.0299. The monoisotopic (exact) mass is 291 g/mol. The van der Waals surface area contributed by atoms with E-state index in [2.05, 4.69) is 15.5 Å². The zero-order chi connectivity index (χ0) is 15.4. The second-order valence-electron chi connectivity index (χ2n) is 4.59. The lowest BCUT2D eigenvalue weighted by Crippen LogP contribution is -2.31. The summed E-state index contributed by atoms with van der Waals surface area (Å²) in [4.78, 5) is 22.7. The third-order valence-corrected chi connectivity index (χ3v) is 3.06. The van der Waals surface area contributed by atoms with Crippen LogP contribution in [0.3, 0.4) is 0 Å². The van der Waals surface area contributed by atoms with Crippen molar-refractivity contribution in [1.82, 2.24) is 24.9 Å². The van der Waals surface area contributed by atoms with Crippen LogP contribution in [0.1, 0.15) is 35.9 Å². The highest BCUT2D eigenvalue weighted by Gasteiger charge is 2.14. The number of hydrogen-bond acceptors (Lipinski definition) is 4. The number of rotatable bonds is 6. The van der Waals surface area contributed by atoms with Crippen LogP contribution in [0.2, 0.25) is 0 Å². The molecule has 0 aliphatic carbocycles. The van der Waals surface area contributed by atoms with E-state index in [-0.39, 0.29) is 24.1 Å². The number of carboxylic acid groups (broad SMARTS) is 1. The van der Waals surface area contributed by atoms with Crippen molar-refractivity contribution in [2.45, 2.75) is 33.0 Å². The van der Waals surface area contributed by atoms with Crippen LogP contribution in [-0.4, -0.2) is 36.5 Å². The number of carboxylic acids is 1. The molecule has 2 aromatic heterocycles. The summed E-state index contributed by atoms with van der Waals surface area (Å²) in [6.45, 7) is 4.54. The van der Waals surface area contributed by atoms with E-state index >= 15 is 0 Å². The van der Waals surface area contributed by atoms with Gasteiger partial charge in [0.05, 0.1) is 23.5 Å². The summed E-state index contributed by atoms with van der Waals surface area (Å²) in [7, 11) is 0. The zero-order valence-electron chi connectivity index (χ0n) is 11.9. The Morgan fingerprint density at radius 1 is 1.43 bits per heavy atom. The van der Waals surface area contributed by atoms with Crippen LogP contribution in [0.5, 0.6) is 0 Å². The molecular formula is C13H17N5O3. The van der Waals surface area contributed by atoms with E-state index in [0.717, 1.165) is 12.2 Å². The van der Waals surface area contributed by atoms with Gasteiger partial charge in [0, 0.05) is 18.9 Å². The predicted octanol–water partition coefficient (Wildman–Crippen LogP) is 0.675. The van der Waals surface area contributed by atoms with Crippen LogP contribution in [0, 0.1) is 0 Å². The van der Waals surface area contributed by atoms with Crippen LogP contribution in [0.4, 0.5) is 0 Å². The number of amides is 1. The van der Waals surface area contributed by atoms with E-state index in [1.165, 1.54) is 17.1 Å². The summed E-state index contributed by atoms with van der Waals surface area (Å²) in [6, 6.07) is 1.67. The number of carbonyl (C=O) groups is 2. The largest absolute Gasteiger partial charge is 0.478 e. The second-order valence-corrected chi connectivity index (χ2v) is 4.59. The number of hydrogen-bond donors (Lipinski definition) is 2. The van der Waals surface area contributed by atoms with Gasteiger partial charge in [-0.15, -0.1) is 0 Å². The van der Waals surface area contributed by atoms with E-state index in [1.807, 2.05) is 19.9 Å². The fourth-order valence-corrected chi connectivity index (χ4v) is 2.04. The van der Waals surface area contributed by atoms with Gasteiger partial charge in [0.1, 0.15) is 6.54 Å². The maximum absolute atomic E-state index is 11.9. The summed E-state index contributed by atoms with van der Waals surface area (Å²) < 4.78 is 3.10. The van der Waals surface area contributed by atoms with Gasteiger partial charge in [-0.05, 0) is 19.9 Å². The Labute approximate surface area is 121 Å². The molecule has 2 N–H and O–H groups in total. The SMILES string of the molecule is CCn1nccc1C(C)NC(=O)Cn1cc(C(=O)O)cn1. The van der Waals surface area contributed by atoms with Gasteiger partial charge in [-0.25, -0.2) is 4.79 Å². The Balaban J connectivity index is 1.96. The highest BCUT2D eigenvalue weighted by atomic mass is 16.4. The van der Waals surface area contributed by atoms with Gasteiger partial charge < -0.3 is 10.4 Å². The molecule has 0 saturated heterocycles. The summed E-state index contributed by atoms with van der Waals surface area (Å²) >= 11 is 0. The molecule has 1 amide bonds. The molecule has 8 heteroatoms. The lowest BCUT2D eigenvalue weighted by atomic mass is 10.2. The lowest BCUT2D eigenvalue weighted by molar-refractivity contribution is -0.122. The Bertz CT molecular complexity index is 646. The quantitative estimate of drug-likeness (QED) is 0.814. The smallest absolute Gasteiger partial charge is 0.338 e. The van der Waals surface area contributed by atoms with Gasteiger partial charge in [0.25, 0.3) is 0 Å². The molecule has 2 rings (SSSR count). The molecule has 0 radical (unpaired) electrons. The third-order valence-electron chi connectivity index (χ3n) is 3.06. The number of nitrogens with one attached hydrogen (secondary N) is 1. The number of carbonyl (C=O) groups excluding carboxylic acids is 1. The fourth-order valence-electron chi connectivity index (χ4n) is 2.04. The lowest BCUT2D eigenvalue weighted by Gasteiger charge is -2.15. The first-order chi connectivity index (χ1) is 10.0. The highest BCUT2D eigenvalue weighted by molar-refractivity contribution is 5.87. The normalized spacial score (nSPS) is 12.1. The van der Waals surface area contributed by atoms with Crippen LogP contribution >= 0.6 is 0 Å². The van der Waals surface area contributed by atoms with Crippen molar-refractivity contribution >= 4 is 11.9 Å². The molecular weight excluding hydrogens is 274 g/mol. The maximum Gasteiger partial charge on any atom is 0.338 e. The Kier molecular flexibility index (Phi) is 4.36. The van der Waals surface area contributed by atoms with Crippen molar-refractivity contribution in [3.8, 4) is 0 Å². The van der Waals surface area contributed by atoms with E-state index in [9.17, 15) is 9.59 Å². The van der Waals surface area contributed by atoms with Crippen molar-refractivity contribution in [3.05, 3.63) is 35.9 Å². The maximum atomic E-state index is 11.9. The van der Waals surface area contributed by atoms with Crippen LogP contribution in [-0.2, 0) is 17.9 Å². The minimum Gasteiger partial charge on any atom is -0.478 e.